The lowest BCUT2D eigenvalue weighted by Gasteiger charge is -2.19. The molecule has 0 fully saturated rings. The summed E-state index contributed by atoms with van der Waals surface area (Å²) in [7, 11) is -4.41. The average molecular weight is 974 g/mol. The van der Waals surface area contributed by atoms with Crippen LogP contribution >= 0.6 is 7.82 Å². The van der Waals surface area contributed by atoms with Gasteiger partial charge in [-0.05, 0) is 122 Å². The van der Waals surface area contributed by atoms with Gasteiger partial charge >= 0.3 is 19.8 Å². The van der Waals surface area contributed by atoms with Crippen molar-refractivity contribution in [2.75, 3.05) is 26.4 Å². The number of carbonyl (C=O) groups is 2. The lowest BCUT2D eigenvalue weighted by atomic mass is 10.1. The molecule has 0 saturated carbocycles. The second kappa shape index (κ2) is 53.0. The van der Waals surface area contributed by atoms with Gasteiger partial charge in [0.1, 0.15) is 6.61 Å². The van der Waals surface area contributed by atoms with Crippen LogP contribution in [0.15, 0.2) is 158 Å². The maximum absolute atomic E-state index is 12.7. The number of hydrogen-bond acceptors (Lipinski definition) is 8. The maximum atomic E-state index is 12.7. The number of carbonyl (C=O) groups excluding carboxylic acids is 2. The molecule has 3 N–H and O–H groups in total. The molecule has 0 saturated heterocycles. The highest BCUT2D eigenvalue weighted by atomic mass is 31.2. The van der Waals surface area contributed by atoms with E-state index >= 15 is 0 Å². The average Bonchev–Trinajstić information content (AvgIpc) is 3.34. The summed E-state index contributed by atoms with van der Waals surface area (Å²) in [5, 5.41) is 0. The molecule has 0 aromatic rings. The van der Waals surface area contributed by atoms with E-state index < -0.39 is 32.5 Å². The van der Waals surface area contributed by atoms with Crippen molar-refractivity contribution < 1.29 is 37.6 Å². The quantitative estimate of drug-likeness (QED) is 0.0265. The molecular formula is C59H92NO8P. The highest BCUT2D eigenvalue weighted by Gasteiger charge is 2.26. The topological polar surface area (TPSA) is 134 Å². The fourth-order valence-electron chi connectivity index (χ4n) is 6.15. The second-order valence-electron chi connectivity index (χ2n) is 16.3. The second-order valence-corrected chi connectivity index (χ2v) is 17.7. The Morgan fingerprint density at radius 2 is 0.754 bits per heavy atom. The van der Waals surface area contributed by atoms with Gasteiger partial charge in [-0.2, -0.15) is 0 Å². The molecule has 9 nitrogen and oxygen atoms in total. The normalized spacial score (nSPS) is 14.4. The molecular weight excluding hydrogens is 882 g/mol. The number of allylic oxidation sites excluding steroid dienone is 26. The van der Waals surface area contributed by atoms with Crippen LogP contribution in [-0.4, -0.2) is 49.3 Å². The zero-order valence-electron chi connectivity index (χ0n) is 42.7. The number of unbranched alkanes of at least 4 members (excludes halogenated alkanes) is 7. The van der Waals surface area contributed by atoms with E-state index in [2.05, 4.69) is 172 Å². The predicted octanol–water partition coefficient (Wildman–Crippen LogP) is 16.2. The van der Waals surface area contributed by atoms with Gasteiger partial charge in [0.15, 0.2) is 6.10 Å². The summed E-state index contributed by atoms with van der Waals surface area (Å²) >= 11 is 0. The lowest BCUT2D eigenvalue weighted by molar-refractivity contribution is -0.161. The zero-order valence-corrected chi connectivity index (χ0v) is 43.6. The number of hydrogen-bond donors (Lipinski definition) is 2. The fourth-order valence-corrected chi connectivity index (χ4v) is 6.91. The van der Waals surface area contributed by atoms with Crippen molar-refractivity contribution in [1.82, 2.24) is 0 Å². The number of nitrogens with two attached hydrogens (primary N) is 1. The first kappa shape index (κ1) is 64.6. The van der Waals surface area contributed by atoms with Crippen molar-refractivity contribution in [1.29, 1.82) is 0 Å². The summed E-state index contributed by atoms with van der Waals surface area (Å²) in [5.74, 6) is -0.917. The van der Waals surface area contributed by atoms with E-state index in [0.717, 1.165) is 128 Å². The number of phosphoric acid groups is 1. The van der Waals surface area contributed by atoms with E-state index in [1.165, 1.54) is 0 Å². The standard InChI is InChI=1S/C59H92NO8P/c1-3-5-7-9-11-13-15-17-19-20-21-22-23-24-25-26-27-28-29-30-31-32-33-34-35-36-38-40-42-44-46-48-50-52-59(62)68-57(56-67-69(63,64)66-54-53-60)55-65-58(61)51-49-47-45-43-41-39-37-18-16-14-12-10-8-6-4-2/h5-8,11-14,17-19,21-22,24-25,27-28,30-31,33-34,36-38,41,43,57H,3-4,9-10,15-16,20,23,26,29,32,35,39-40,42,44-56,60H2,1-2H3,(H,63,64)/b7-5-,8-6-,13-11-,14-12-,19-17-,22-21-,25-24-,28-27-,31-30-,34-33-,37-18-,38-36-,43-41-. The molecule has 0 amide bonds. The Hall–Kier alpha value is -4.37. The molecule has 0 bridgehead atoms. The van der Waals surface area contributed by atoms with Gasteiger partial charge in [-0.3, -0.25) is 18.6 Å². The first-order valence-electron chi connectivity index (χ1n) is 26.0. The Morgan fingerprint density at radius 3 is 1.14 bits per heavy atom. The summed E-state index contributed by atoms with van der Waals surface area (Å²) in [6.45, 7) is 3.40. The Bertz CT molecular complexity index is 1680. The van der Waals surface area contributed by atoms with E-state index in [0.29, 0.717) is 12.8 Å². The monoisotopic (exact) mass is 974 g/mol. The number of phosphoric ester groups is 1. The van der Waals surface area contributed by atoms with Crippen molar-refractivity contribution in [3.63, 3.8) is 0 Å². The number of esters is 2. The van der Waals surface area contributed by atoms with Gasteiger partial charge < -0.3 is 20.1 Å². The Balaban J connectivity index is 4.16. The Kier molecular flexibility index (Phi) is 49.6. The minimum Gasteiger partial charge on any atom is -0.462 e. The molecule has 2 unspecified atom stereocenters. The highest BCUT2D eigenvalue weighted by Crippen LogP contribution is 2.43. The summed E-state index contributed by atoms with van der Waals surface area (Å²) < 4.78 is 32.8. The van der Waals surface area contributed by atoms with E-state index in [9.17, 15) is 19.0 Å². The maximum Gasteiger partial charge on any atom is 0.472 e. The first-order valence-corrected chi connectivity index (χ1v) is 27.5. The van der Waals surface area contributed by atoms with E-state index in [-0.39, 0.29) is 32.6 Å². The summed E-state index contributed by atoms with van der Waals surface area (Å²) in [6, 6.07) is 0. The molecule has 0 spiro atoms. The van der Waals surface area contributed by atoms with Crippen molar-refractivity contribution in [2.24, 2.45) is 5.73 Å². The lowest BCUT2D eigenvalue weighted by Crippen LogP contribution is -2.29. The van der Waals surface area contributed by atoms with Crippen LogP contribution in [0, 0.1) is 0 Å². The van der Waals surface area contributed by atoms with E-state index in [1.54, 1.807) is 0 Å². The fraction of sp³-hybridized carbons (Fsp3) is 0.525. The van der Waals surface area contributed by atoms with Crippen molar-refractivity contribution in [3.05, 3.63) is 158 Å². The van der Waals surface area contributed by atoms with Crippen LogP contribution in [0.25, 0.3) is 0 Å². The van der Waals surface area contributed by atoms with Crippen LogP contribution in [0.4, 0.5) is 0 Å². The van der Waals surface area contributed by atoms with E-state index in [1.807, 2.05) is 0 Å². The largest absolute Gasteiger partial charge is 0.472 e. The Labute approximate surface area is 419 Å². The molecule has 0 radical (unpaired) electrons. The van der Waals surface area contributed by atoms with Gasteiger partial charge in [0.2, 0.25) is 0 Å². The highest BCUT2D eigenvalue weighted by molar-refractivity contribution is 7.47. The van der Waals surface area contributed by atoms with Gasteiger partial charge in [-0.1, -0.05) is 191 Å². The summed E-state index contributed by atoms with van der Waals surface area (Å²) in [5.41, 5.74) is 5.36. The van der Waals surface area contributed by atoms with Crippen molar-refractivity contribution in [3.8, 4) is 0 Å². The van der Waals surface area contributed by atoms with E-state index in [4.69, 9.17) is 24.3 Å². The van der Waals surface area contributed by atoms with Gasteiger partial charge in [0.25, 0.3) is 0 Å². The molecule has 0 aliphatic rings. The predicted molar refractivity (Wildman–Crippen MR) is 293 cm³/mol. The first-order chi connectivity index (χ1) is 33.8. The minimum absolute atomic E-state index is 0.0345. The van der Waals surface area contributed by atoms with Gasteiger partial charge in [-0.15, -0.1) is 0 Å². The molecule has 0 aliphatic heterocycles. The third-order valence-electron chi connectivity index (χ3n) is 9.91. The van der Waals surface area contributed by atoms with Crippen molar-refractivity contribution >= 4 is 19.8 Å². The third-order valence-corrected chi connectivity index (χ3v) is 10.9. The molecule has 10 heteroatoms. The zero-order chi connectivity index (χ0) is 50.2. The van der Waals surface area contributed by atoms with Crippen molar-refractivity contribution in [2.45, 2.75) is 174 Å². The van der Waals surface area contributed by atoms with Gasteiger partial charge in [0.05, 0.1) is 13.2 Å². The van der Waals surface area contributed by atoms with Crippen LogP contribution in [0.1, 0.15) is 168 Å². The number of rotatable bonds is 46. The van der Waals surface area contributed by atoms with Crippen LogP contribution < -0.4 is 5.73 Å². The van der Waals surface area contributed by atoms with Crippen LogP contribution in [-0.2, 0) is 32.7 Å². The molecule has 0 rings (SSSR count). The third kappa shape index (κ3) is 52.8. The molecule has 0 aliphatic carbocycles. The SMILES string of the molecule is CC/C=C\C/C=C\C/C=C\C/C=C\C/C=C\C/C=C\C/C=C\C/C=C\C/C=C\CCCCCCCC(=O)OC(COC(=O)CCCC/C=C\C/C=C\C/C=C\C/C=C\CC)COP(=O)(O)OCCN. The van der Waals surface area contributed by atoms with Gasteiger partial charge in [0, 0.05) is 19.4 Å². The molecule has 0 aromatic heterocycles. The molecule has 69 heavy (non-hydrogen) atoms. The number of ether oxygens (including phenoxy) is 2. The van der Waals surface area contributed by atoms with Crippen LogP contribution in [0.3, 0.4) is 0 Å². The molecule has 0 aromatic carbocycles. The Morgan fingerprint density at radius 1 is 0.435 bits per heavy atom. The smallest absolute Gasteiger partial charge is 0.462 e. The van der Waals surface area contributed by atoms with Gasteiger partial charge in [-0.25, -0.2) is 4.57 Å². The molecule has 2 atom stereocenters. The van der Waals surface area contributed by atoms with Crippen LogP contribution in [0.5, 0.6) is 0 Å². The minimum atomic E-state index is -4.41. The molecule has 0 heterocycles. The summed E-state index contributed by atoms with van der Waals surface area (Å²) in [6.07, 6.45) is 77.2. The van der Waals surface area contributed by atoms with Crippen LogP contribution in [0.2, 0.25) is 0 Å². The molecule has 386 valence electrons. The summed E-state index contributed by atoms with van der Waals surface area (Å²) in [4.78, 5) is 35.0.